The van der Waals surface area contributed by atoms with Gasteiger partial charge < -0.3 is 0 Å². The fraction of sp³-hybridized carbons (Fsp3) is 0.333. The predicted molar refractivity (Wildman–Crippen MR) is 79.1 cm³/mol. The quantitative estimate of drug-likeness (QED) is 0.714. The van der Waals surface area contributed by atoms with E-state index in [0.717, 1.165) is 6.42 Å². The summed E-state index contributed by atoms with van der Waals surface area (Å²) in [6.07, 6.45) is 1.10. The third-order valence-electron chi connectivity index (χ3n) is 3.93. The second-order valence-electron chi connectivity index (χ2n) is 5.45. The molecule has 0 aliphatic heterocycles. The summed E-state index contributed by atoms with van der Waals surface area (Å²) in [6, 6.07) is 17.4. The second-order valence-corrected chi connectivity index (χ2v) is 5.45. The molecule has 0 saturated heterocycles. The van der Waals surface area contributed by atoms with Crippen molar-refractivity contribution in [2.75, 3.05) is 0 Å². The first-order chi connectivity index (χ1) is 8.57. The van der Waals surface area contributed by atoms with Gasteiger partial charge in [-0.05, 0) is 35.6 Å². The molecule has 94 valence electrons. The number of hydrogen-bond acceptors (Lipinski definition) is 0. The molecule has 0 nitrogen and oxygen atoms in total. The number of hydrogen-bond donors (Lipinski definition) is 0. The Morgan fingerprint density at radius 2 is 1.56 bits per heavy atom. The van der Waals surface area contributed by atoms with Crippen LogP contribution in [0.5, 0.6) is 0 Å². The Hall–Kier alpha value is -1.56. The summed E-state index contributed by atoms with van der Waals surface area (Å²) in [5.74, 6) is 0. The van der Waals surface area contributed by atoms with Crippen molar-refractivity contribution in [3.8, 4) is 0 Å². The summed E-state index contributed by atoms with van der Waals surface area (Å²) in [5.41, 5.74) is 5.80. The van der Waals surface area contributed by atoms with Crippen LogP contribution in [-0.2, 0) is 11.8 Å². The van der Waals surface area contributed by atoms with Gasteiger partial charge in [-0.1, -0.05) is 69.3 Å². The molecule has 0 unspecified atom stereocenters. The van der Waals surface area contributed by atoms with Crippen molar-refractivity contribution < 1.29 is 0 Å². The molecule has 0 amide bonds. The Bertz CT molecular complexity index is 521. The van der Waals surface area contributed by atoms with Crippen LogP contribution < -0.4 is 0 Å². The Morgan fingerprint density at radius 1 is 0.889 bits per heavy atom. The monoisotopic (exact) mass is 238 g/mol. The van der Waals surface area contributed by atoms with Crippen molar-refractivity contribution in [2.45, 2.75) is 39.5 Å². The highest BCUT2D eigenvalue weighted by Crippen LogP contribution is 2.34. The van der Waals surface area contributed by atoms with Crippen molar-refractivity contribution in [3.05, 3.63) is 70.8 Å². The molecule has 0 saturated carbocycles. The highest BCUT2D eigenvalue weighted by atomic mass is 14.3. The Morgan fingerprint density at radius 3 is 2.17 bits per heavy atom. The molecule has 0 radical (unpaired) electrons. The molecule has 0 heteroatoms. The van der Waals surface area contributed by atoms with Gasteiger partial charge in [0.1, 0.15) is 0 Å². The Labute approximate surface area is 111 Å². The van der Waals surface area contributed by atoms with Crippen LogP contribution in [0.25, 0.3) is 0 Å². The summed E-state index contributed by atoms with van der Waals surface area (Å²) >= 11 is 0. The number of aryl methyl sites for hydroxylation is 1. The van der Waals surface area contributed by atoms with Gasteiger partial charge in [0.15, 0.2) is 0 Å². The van der Waals surface area contributed by atoms with Gasteiger partial charge in [-0.2, -0.15) is 0 Å². The van der Waals surface area contributed by atoms with Crippen LogP contribution in [0.15, 0.2) is 48.5 Å². The molecule has 0 aliphatic rings. The molecular weight excluding hydrogens is 216 g/mol. The summed E-state index contributed by atoms with van der Waals surface area (Å²) < 4.78 is 0. The first kappa shape index (κ1) is 12.9. The van der Waals surface area contributed by atoms with Crippen LogP contribution in [0.3, 0.4) is 0 Å². The predicted octanol–water partition coefficient (Wildman–Crippen LogP) is 4.88. The van der Waals surface area contributed by atoms with Gasteiger partial charge in [0.05, 0.1) is 0 Å². The fourth-order valence-corrected chi connectivity index (χ4v) is 2.77. The van der Waals surface area contributed by atoms with E-state index >= 15 is 0 Å². The normalized spacial score (nSPS) is 11.6. The van der Waals surface area contributed by atoms with Crippen LogP contribution >= 0.6 is 0 Å². The van der Waals surface area contributed by atoms with Crippen LogP contribution in [0.2, 0.25) is 0 Å². The van der Waals surface area contributed by atoms with Gasteiger partial charge in [-0.15, -0.1) is 0 Å². The largest absolute Gasteiger partial charge is 0.0622 e. The first-order valence-electron chi connectivity index (χ1n) is 6.72. The molecular formula is C18H22. The van der Waals surface area contributed by atoms with E-state index in [0.29, 0.717) is 0 Å². The van der Waals surface area contributed by atoms with Crippen LogP contribution in [-0.4, -0.2) is 0 Å². The van der Waals surface area contributed by atoms with Gasteiger partial charge in [-0.25, -0.2) is 0 Å². The molecule has 0 atom stereocenters. The van der Waals surface area contributed by atoms with Gasteiger partial charge in [0.25, 0.3) is 0 Å². The highest BCUT2D eigenvalue weighted by molar-refractivity contribution is 5.45. The lowest BCUT2D eigenvalue weighted by Crippen LogP contribution is -2.21. The fourth-order valence-electron chi connectivity index (χ4n) is 2.77. The third kappa shape index (κ3) is 2.20. The lowest BCUT2D eigenvalue weighted by Gasteiger charge is -2.29. The number of rotatable bonds is 3. The maximum atomic E-state index is 2.32. The lowest BCUT2D eigenvalue weighted by atomic mass is 9.75. The number of benzene rings is 2. The van der Waals surface area contributed by atoms with E-state index in [2.05, 4.69) is 76.2 Å². The standard InChI is InChI=1S/C18H22/c1-5-16-14(2)10-9-13-17(16)18(3,4)15-11-7-6-8-12-15/h6-13H,5H2,1-4H3. The highest BCUT2D eigenvalue weighted by Gasteiger charge is 2.25. The van der Waals surface area contributed by atoms with Gasteiger partial charge >= 0.3 is 0 Å². The van der Waals surface area contributed by atoms with Crippen molar-refractivity contribution in [1.82, 2.24) is 0 Å². The van der Waals surface area contributed by atoms with E-state index in [1.807, 2.05) is 0 Å². The molecule has 2 aromatic rings. The first-order valence-corrected chi connectivity index (χ1v) is 6.72. The van der Waals surface area contributed by atoms with Gasteiger partial charge in [-0.3, -0.25) is 0 Å². The molecule has 0 heterocycles. The maximum Gasteiger partial charge on any atom is 0.0149 e. The van der Waals surface area contributed by atoms with E-state index in [9.17, 15) is 0 Å². The molecule has 0 bridgehead atoms. The van der Waals surface area contributed by atoms with Crippen LogP contribution in [0.1, 0.15) is 43.0 Å². The summed E-state index contributed by atoms with van der Waals surface area (Å²) in [6.45, 7) is 9.09. The SMILES string of the molecule is CCc1c(C)cccc1C(C)(C)c1ccccc1. The van der Waals surface area contributed by atoms with Crippen molar-refractivity contribution in [1.29, 1.82) is 0 Å². The average Bonchev–Trinajstić information content (AvgIpc) is 2.39. The van der Waals surface area contributed by atoms with E-state index in [1.54, 1.807) is 0 Å². The molecule has 0 fully saturated rings. The summed E-state index contributed by atoms with van der Waals surface area (Å²) in [5, 5.41) is 0. The average molecular weight is 238 g/mol. The Balaban J connectivity index is 2.58. The van der Waals surface area contributed by atoms with Crippen LogP contribution in [0.4, 0.5) is 0 Å². The minimum absolute atomic E-state index is 0.0681. The van der Waals surface area contributed by atoms with E-state index in [-0.39, 0.29) is 5.41 Å². The molecule has 0 spiro atoms. The lowest BCUT2D eigenvalue weighted by molar-refractivity contribution is 0.631. The van der Waals surface area contributed by atoms with E-state index in [1.165, 1.54) is 22.3 Å². The zero-order valence-electron chi connectivity index (χ0n) is 11.8. The molecule has 18 heavy (non-hydrogen) atoms. The minimum Gasteiger partial charge on any atom is -0.0622 e. The van der Waals surface area contributed by atoms with Gasteiger partial charge in [0, 0.05) is 5.41 Å². The van der Waals surface area contributed by atoms with Crippen molar-refractivity contribution in [3.63, 3.8) is 0 Å². The summed E-state index contributed by atoms with van der Waals surface area (Å²) in [7, 11) is 0. The topological polar surface area (TPSA) is 0 Å². The molecule has 2 aromatic carbocycles. The maximum absolute atomic E-state index is 2.32. The minimum atomic E-state index is 0.0681. The second kappa shape index (κ2) is 4.97. The smallest absolute Gasteiger partial charge is 0.0149 e. The Kier molecular flexibility index (Phi) is 3.56. The van der Waals surface area contributed by atoms with Crippen molar-refractivity contribution in [2.24, 2.45) is 0 Å². The molecule has 0 aromatic heterocycles. The van der Waals surface area contributed by atoms with E-state index in [4.69, 9.17) is 0 Å². The van der Waals surface area contributed by atoms with Crippen molar-refractivity contribution >= 4 is 0 Å². The van der Waals surface area contributed by atoms with E-state index < -0.39 is 0 Å². The zero-order chi connectivity index (χ0) is 13.2. The molecule has 0 N–H and O–H groups in total. The van der Waals surface area contributed by atoms with Gasteiger partial charge in [0.2, 0.25) is 0 Å². The third-order valence-corrected chi connectivity index (χ3v) is 3.93. The molecule has 0 aliphatic carbocycles. The van der Waals surface area contributed by atoms with Crippen LogP contribution in [0, 0.1) is 6.92 Å². The summed E-state index contributed by atoms with van der Waals surface area (Å²) in [4.78, 5) is 0. The molecule has 2 rings (SSSR count). The zero-order valence-corrected chi connectivity index (χ0v) is 11.8.